The van der Waals surface area contributed by atoms with Crippen LogP contribution in [-0.4, -0.2) is 89.1 Å². The Morgan fingerprint density at radius 2 is 2.09 bits per heavy atom. The van der Waals surface area contributed by atoms with E-state index in [-0.39, 0.29) is 41.2 Å². The van der Waals surface area contributed by atoms with Gasteiger partial charge in [0.1, 0.15) is 18.2 Å². The number of aromatic nitrogens is 4. The molecule has 1 aliphatic heterocycles. The first kappa shape index (κ1) is 34.3. The molecule has 0 radical (unpaired) electrons. The van der Waals surface area contributed by atoms with Gasteiger partial charge in [0.25, 0.3) is 0 Å². The van der Waals surface area contributed by atoms with Crippen molar-refractivity contribution in [1.82, 2.24) is 30.2 Å². The van der Waals surface area contributed by atoms with Crippen LogP contribution in [0.4, 0.5) is 27.9 Å². The summed E-state index contributed by atoms with van der Waals surface area (Å²) < 4.78 is 11.9. The van der Waals surface area contributed by atoms with Crippen molar-refractivity contribution in [2.45, 2.75) is 44.4 Å². The molecule has 0 saturated carbocycles. The molecule has 1 amide bonds. The highest BCUT2D eigenvalue weighted by atomic mass is 35.5. The Hall–Kier alpha value is -5.59. The number of carbonyl (C=O) groups excluding carboxylic acids is 2. The fraction of sp³-hybridized carbons (Fsp3) is 0.429. The number of nitrogens with two attached hydrogens (primary N) is 2. The van der Waals surface area contributed by atoms with Crippen molar-refractivity contribution < 1.29 is 19.1 Å². The molecule has 3 atom stereocenters. The first-order chi connectivity index (χ1) is 22.6. The van der Waals surface area contributed by atoms with Crippen LogP contribution in [0.1, 0.15) is 37.4 Å². The highest BCUT2D eigenvalue weighted by molar-refractivity contribution is 6.36. The minimum atomic E-state index is -0.958. The summed E-state index contributed by atoms with van der Waals surface area (Å²) >= 11 is 6.91. The van der Waals surface area contributed by atoms with E-state index in [9.17, 15) is 20.1 Å². The second-order valence-electron chi connectivity index (χ2n) is 10.4. The lowest BCUT2D eigenvalue weighted by molar-refractivity contribution is -0.152. The first-order valence-electron chi connectivity index (χ1n) is 14.6. The molecule has 3 aromatic rings. The van der Waals surface area contributed by atoms with Gasteiger partial charge in [-0.3, -0.25) is 10.2 Å². The zero-order valence-electron chi connectivity index (χ0n) is 25.7. The highest BCUT2D eigenvalue weighted by Crippen LogP contribution is 2.37. The van der Waals surface area contributed by atoms with E-state index < -0.39 is 30.3 Å². The number of hydrogen-bond acceptors (Lipinski definition) is 14. The van der Waals surface area contributed by atoms with Gasteiger partial charge in [-0.05, 0) is 38.3 Å². The van der Waals surface area contributed by atoms with Crippen LogP contribution in [0.3, 0.4) is 0 Å². The lowest BCUT2D eigenvalue weighted by Crippen LogP contribution is -2.56. The van der Waals surface area contributed by atoms with E-state index in [1.165, 1.54) is 23.9 Å². The number of anilines is 4. The van der Waals surface area contributed by atoms with E-state index in [1.54, 1.807) is 6.07 Å². The smallest absolute Gasteiger partial charge is 0.407 e. The maximum atomic E-state index is 13.0. The van der Waals surface area contributed by atoms with Crippen molar-refractivity contribution in [3.8, 4) is 12.1 Å². The van der Waals surface area contributed by atoms with Gasteiger partial charge in [0.15, 0.2) is 23.1 Å². The zero-order valence-corrected chi connectivity index (χ0v) is 26.5. The molecule has 248 valence electrons. The fourth-order valence-corrected chi connectivity index (χ4v) is 5.22. The van der Waals surface area contributed by atoms with Crippen molar-refractivity contribution in [3.63, 3.8) is 0 Å². The summed E-state index contributed by atoms with van der Waals surface area (Å²) in [6.45, 7) is 3.25. The second-order valence-corrected chi connectivity index (χ2v) is 10.8. The molecular weight excluding hydrogens is 632 g/mol. The first-order valence-corrected chi connectivity index (χ1v) is 15.0. The Morgan fingerprint density at radius 1 is 1.30 bits per heavy atom. The van der Waals surface area contributed by atoms with Crippen molar-refractivity contribution in [2.24, 2.45) is 11.5 Å². The van der Waals surface area contributed by atoms with Crippen LogP contribution >= 0.6 is 11.6 Å². The molecule has 47 heavy (non-hydrogen) atoms. The summed E-state index contributed by atoms with van der Waals surface area (Å²) in [5, 5.41) is 42.8. The number of alkyl carbamates (subject to hydrolysis) is 1. The average Bonchev–Trinajstić information content (AvgIpc) is 3.48. The monoisotopic (exact) mass is 666 g/mol. The van der Waals surface area contributed by atoms with Crippen molar-refractivity contribution >= 4 is 58.4 Å². The largest absolute Gasteiger partial charge is 0.457 e. The third-order valence-electron chi connectivity index (χ3n) is 7.22. The number of methoxy groups -OCH3 is 1. The SMILES string of the molecule is CCNc1nc(Nc2cc(C#N)cc(N3CC[C@@H](NC(=O)OC)[C@H](OC(=O)C(N)CCCNC(=N)N)C3)c2Cl)nn2c(C#N)cnc12. The molecule has 0 spiro atoms. The zero-order chi connectivity index (χ0) is 34.1. The number of fused-ring (bicyclic) bond motifs is 1. The van der Waals surface area contributed by atoms with Gasteiger partial charge in [-0.1, -0.05) is 11.6 Å². The lowest BCUT2D eigenvalue weighted by Gasteiger charge is -2.40. The minimum Gasteiger partial charge on any atom is -0.457 e. The maximum absolute atomic E-state index is 13.0. The normalized spacial score (nSPS) is 16.3. The standard InChI is InChI=1S/C28H35ClN14O4/c1-3-35-23-24-37-13-16(12-31)43(24)41-27(40-23)38-19-9-15(11-30)10-20(22(19)29)42-8-6-18(39-28(45)46-2)21(14-42)47-25(44)17(32)5-4-7-36-26(33)34/h9-10,13,17-18,21H,3-8,14,32H2,1-2H3,(H,39,45)(H4,33,34,36)(H2,35,38,40,41)/t17?,18-,21-/m1/s1. The second kappa shape index (κ2) is 15.6. The number of amides is 1. The molecule has 1 aromatic carbocycles. The summed E-state index contributed by atoms with van der Waals surface area (Å²) in [5.74, 6) is -0.379. The molecule has 1 unspecified atom stereocenters. The summed E-state index contributed by atoms with van der Waals surface area (Å²) in [4.78, 5) is 35.6. The maximum Gasteiger partial charge on any atom is 0.407 e. The number of guanidine groups is 1. The summed E-state index contributed by atoms with van der Waals surface area (Å²) in [7, 11) is 1.23. The molecule has 18 nitrogen and oxygen atoms in total. The van der Waals surface area contributed by atoms with E-state index >= 15 is 0 Å². The predicted octanol–water partition coefficient (Wildman–Crippen LogP) is 1.13. The fourth-order valence-electron chi connectivity index (χ4n) is 4.94. The molecule has 0 bridgehead atoms. The van der Waals surface area contributed by atoms with Crippen LogP contribution in [0.5, 0.6) is 0 Å². The Morgan fingerprint density at radius 3 is 2.77 bits per heavy atom. The van der Waals surface area contributed by atoms with Gasteiger partial charge in [-0.15, -0.1) is 5.10 Å². The van der Waals surface area contributed by atoms with Gasteiger partial charge < -0.3 is 47.1 Å². The third kappa shape index (κ3) is 8.37. The van der Waals surface area contributed by atoms with Crippen molar-refractivity contribution in [3.05, 3.63) is 34.6 Å². The van der Waals surface area contributed by atoms with E-state index in [1.807, 2.05) is 17.9 Å². The molecule has 4 rings (SSSR count). The summed E-state index contributed by atoms with van der Waals surface area (Å²) in [6.07, 6.45) is 0.920. The van der Waals surface area contributed by atoms with E-state index in [0.29, 0.717) is 55.3 Å². The molecule has 1 fully saturated rings. The van der Waals surface area contributed by atoms with Crippen molar-refractivity contribution in [2.75, 3.05) is 48.8 Å². The number of halogens is 1. The number of nitrogens with zero attached hydrogens (tertiary/aromatic N) is 7. The Bertz CT molecular complexity index is 1720. The predicted molar refractivity (Wildman–Crippen MR) is 172 cm³/mol. The van der Waals surface area contributed by atoms with Gasteiger partial charge in [-0.25, -0.2) is 9.78 Å². The van der Waals surface area contributed by atoms with E-state index in [4.69, 9.17) is 38.0 Å². The molecule has 0 aliphatic carbocycles. The number of ether oxygens (including phenoxy) is 2. The minimum absolute atomic E-state index is 0.0890. The molecule has 2 aromatic heterocycles. The van der Waals surface area contributed by atoms with Gasteiger partial charge >= 0.3 is 12.1 Å². The molecule has 3 heterocycles. The van der Waals surface area contributed by atoms with Gasteiger partial charge in [0.05, 0.1) is 53.9 Å². The summed E-state index contributed by atoms with van der Waals surface area (Å²) in [6, 6.07) is 5.75. The number of hydrogen-bond donors (Lipinski definition) is 7. The quantitative estimate of drug-likeness (QED) is 0.0618. The topological polar surface area (TPSA) is 271 Å². The third-order valence-corrected chi connectivity index (χ3v) is 7.61. The van der Waals surface area contributed by atoms with E-state index in [2.05, 4.69) is 42.4 Å². The van der Waals surface area contributed by atoms with Crippen LogP contribution in [-0.2, 0) is 14.3 Å². The summed E-state index contributed by atoms with van der Waals surface area (Å²) in [5.41, 5.74) is 13.0. The average molecular weight is 667 g/mol. The number of nitriles is 2. The number of benzene rings is 1. The molecular formula is C28H35ClN14O4. The molecule has 1 aliphatic rings. The van der Waals surface area contributed by atoms with Gasteiger partial charge in [0, 0.05) is 19.6 Å². The lowest BCUT2D eigenvalue weighted by atomic mass is 10.00. The van der Waals surface area contributed by atoms with Crippen LogP contribution in [0.15, 0.2) is 18.3 Å². The number of piperidine rings is 1. The Balaban J connectivity index is 1.60. The van der Waals surface area contributed by atoms with Gasteiger partial charge in [-0.2, -0.15) is 20.0 Å². The number of carbonyl (C=O) groups is 2. The number of nitrogens with one attached hydrogen (secondary N) is 5. The molecule has 19 heteroatoms. The van der Waals surface area contributed by atoms with E-state index in [0.717, 1.165) is 0 Å². The van der Waals surface area contributed by atoms with Gasteiger partial charge in [0.2, 0.25) is 5.95 Å². The van der Waals surface area contributed by atoms with Crippen LogP contribution < -0.4 is 37.6 Å². The number of rotatable bonds is 12. The van der Waals surface area contributed by atoms with Crippen LogP contribution in [0.25, 0.3) is 5.65 Å². The Labute approximate surface area is 274 Å². The highest BCUT2D eigenvalue weighted by Gasteiger charge is 2.36. The van der Waals surface area contributed by atoms with Crippen LogP contribution in [0.2, 0.25) is 5.02 Å². The van der Waals surface area contributed by atoms with Crippen LogP contribution in [0, 0.1) is 28.1 Å². The molecule has 1 saturated heterocycles. The van der Waals surface area contributed by atoms with Crippen molar-refractivity contribution in [1.29, 1.82) is 15.9 Å². The molecule has 9 N–H and O–H groups in total. The Kier molecular flexibility index (Phi) is 11.4. The number of imidazole rings is 1. The number of esters is 1.